The van der Waals surface area contributed by atoms with Gasteiger partial charge in [0.25, 0.3) is 0 Å². The second-order valence-corrected chi connectivity index (χ2v) is 8.75. The molecule has 0 aliphatic heterocycles. The van der Waals surface area contributed by atoms with Gasteiger partial charge in [0, 0.05) is 32.3 Å². The molecule has 0 saturated heterocycles. The lowest BCUT2D eigenvalue weighted by Gasteiger charge is -2.15. The van der Waals surface area contributed by atoms with E-state index in [4.69, 9.17) is 9.47 Å². The van der Waals surface area contributed by atoms with Crippen LogP contribution in [0.5, 0.6) is 5.75 Å². The molecule has 0 radical (unpaired) electrons. The Hall–Kier alpha value is -1.85. The van der Waals surface area contributed by atoms with Crippen molar-refractivity contribution in [3.05, 3.63) is 59.7 Å². The first kappa shape index (κ1) is 27.2. The monoisotopic (exact) mass is 561 g/mol. The highest BCUT2D eigenvalue weighted by molar-refractivity contribution is 14.0. The summed E-state index contributed by atoms with van der Waals surface area (Å²) in [5.41, 5.74) is 2.09. The molecule has 2 aromatic carbocycles. The molecule has 0 amide bonds. The molecule has 9 heteroatoms. The highest BCUT2D eigenvalue weighted by atomic mass is 127. The van der Waals surface area contributed by atoms with E-state index < -0.39 is 9.84 Å². The zero-order valence-electron chi connectivity index (χ0n) is 18.3. The van der Waals surface area contributed by atoms with Gasteiger partial charge >= 0.3 is 0 Å². The van der Waals surface area contributed by atoms with E-state index in [0.717, 1.165) is 16.9 Å². The summed E-state index contributed by atoms with van der Waals surface area (Å²) in [6.07, 6.45) is 0. The number of aryl methyl sites for hydroxylation is 1. The van der Waals surface area contributed by atoms with Crippen LogP contribution in [0, 0.1) is 6.92 Å². The zero-order valence-corrected chi connectivity index (χ0v) is 21.4. The average molecular weight is 561 g/mol. The summed E-state index contributed by atoms with van der Waals surface area (Å²) in [6, 6.07) is 14.5. The van der Waals surface area contributed by atoms with Gasteiger partial charge in [0.1, 0.15) is 12.4 Å². The first-order chi connectivity index (χ1) is 14.5. The molecule has 0 heterocycles. The first-order valence-electron chi connectivity index (χ1n) is 9.98. The van der Waals surface area contributed by atoms with E-state index in [2.05, 4.69) is 15.6 Å². The number of hydrogen-bond acceptors (Lipinski definition) is 5. The smallest absolute Gasteiger partial charge is 0.191 e. The minimum Gasteiger partial charge on any atom is -0.491 e. The number of sulfone groups is 1. The van der Waals surface area contributed by atoms with Gasteiger partial charge in [0.15, 0.2) is 15.8 Å². The van der Waals surface area contributed by atoms with Gasteiger partial charge in [-0.1, -0.05) is 30.3 Å². The van der Waals surface area contributed by atoms with Crippen molar-refractivity contribution < 1.29 is 17.9 Å². The molecule has 31 heavy (non-hydrogen) atoms. The van der Waals surface area contributed by atoms with E-state index in [9.17, 15) is 8.42 Å². The summed E-state index contributed by atoms with van der Waals surface area (Å²) in [5.74, 6) is 1.30. The summed E-state index contributed by atoms with van der Waals surface area (Å²) in [7, 11) is -1.69. The predicted octanol–water partition coefficient (Wildman–Crippen LogP) is 3.17. The van der Waals surface area contributed by atoms with E-state index in [-0.39, 0.29) is 36.3 Å². The van der Waals surface area contributed by atoms with Crippen molar-refractivity contribution >= 4 is 39.8 Å². The Bertz CT molecular complexity index is 922. The van der Waals surface area contributed by atoms with Crippen LogP contribution in [0.2, 0.25) is 0 Å². The maximum Gasteiger partial charge on any atom is 0.191 e. The highest BCUT2D eigenvalue weighted by Gasteiger charge is 2.13. The van der Waals surface area contributed by atoms with Crippen LogP contribution in [-0.2, 0) is 21.1 Å². The van der Waals surface area contributed by atoms with Gasteiger partial charge in [-0.25, -0.2) is 8.42 Å². The van der Waals surface area contributed by atoms with Crippen LogP contribution in [0.4, 0.5) is 0 Å². The van der Waals surface area contributed by atoms with Crippen molar-refractivity contribution in [2.45, 2.75) is 25.3 Å². The fourth-order valence-electron chi connectivity index (χ4n) is 2.75. The molecule has 0 unspecified atom stereocenters. The Morgan fingerprint density at radius 3 is 2.48 bits per heavy atom. The summed E-state index contributed by atoms with van der Waals surface area (Å²) < 4.78 is 35.9. The van der Waals surface area contributed by atoms with Crippen LogP contribution in [-0.4, -0.2) is 53.5 Å². The lowest BCUT2D eigenvalue weighted by Crippen LogP contribution is -2.39. The van der Waals surface area contributed by atoms with Crippen molar-refractivity contribution in [2.75, 3.05) is 39.2 Å². The molecule has 2 rings (SSSR count). The number of nitrogens with zero attached hydrogens (tertiary/aromatic N) is 1. The van der Waals surface area contributed by atoms with Crippen molar-refractivity contribution in [2.24, 2.45) is 4.99 Å². The van der Waals surface area contributed by atoms with E-state index in [0.29, 0.717) is 37.2 Å². The third kappa shape index (κ3) is 9.44. The van der Waals surface area contributed by atoms with Crippen molar-refractivity contribution in [3.8, 4) is 5.75 Å². The van der Waals surface area contributed by atoms with Crippen molar-refractivity contribution in [1.29, 1.82) is 0 Å². The van der Waals surface area contributed by atoms with E-state index in [1.807, 2.05) is 32.0 Å². The number of benzene rings is 2. The largest absolute Gasteiger partial charge is 0.491 e. The summed E-state index contributed by atoms with van der Waals surface area (Å²) in [6.45, 7) is 6.39. The minimum atomic E-state index is -3.33. The Labute approximate surface area is 202 Å². The molecular weight excluding hydrogens is 529 g/mol. The van der Waals surface area contributed by atoms with Crippen molar-refractivity contribution in [3.63, 3.8) is 0 Å². The molecule has 0 bridgehead atoms. The number of halogens is 1. The normalized spacial score (nSPS) is 11.5. The van der Waals surface area contributed by atoms with E-state index in [1.54, 1.807) is 37.4 Å². The fraction of sp³-hybridized carbons (Fsp3) is 0.409. The number of ether oxygens (including phenoxy) is 2. The molecule has 0 aliphatic carbocycles. The molecule has 0 aromatic heterocycles. The summed E-state index contributed by atoms with van der Waals surface area (Å²) in [4.78, 5) is 4.49. The average Bonchev–Trinajstić information content (AvgIpc) is 2.75. The van der Waals surface area contributed by atoms with Crippen molar-refractivity contribution in [1.82, 2.24) is 10.6 Å². The molecule has 2 aromatic rings. The summed E-state index contributed by atoms with van der Waals surface area (Å²) in [5, 5.41) is 6.26. The molecule has 0 spiro atoms. The third-order valence-electron chi connectivity index (χ3n) is 4.35. The van der Waals surface area contributed by atoms with Crippen LogP contribution in [0.25, 0.3) is 0 Å². The third-order valence-corrected chi connectivity index (χ3v) is 6.08. The number of guanidine groups is 1. The van der Waals surface area contributed by atoms with Gasteiger partial charge < -0.3 is 20.1 Å². The Balaban J connectivity index is 0.00000480. The van der Waals surface area contributed by atoms with Gasteiger partial charge in [-0.05, 0) is 37.6 Å². The van der Waals surface area contributed by atoms with Crippen LogP contribution >= 0.6 is 24.0 Å². The number of hydrogen-bond donors (Lipinski definition) is 2. The first-order valence-corrected chi connectivity index (χ1v) is 11.6. The number of rotatable bonds is 11. The number of nitrogens with one attached hydrogen (secondary N) is 2. The molecule has 172 valence electrons. The topological polar surface area (TPSA) is 89.0 Å². The SMILES string of the molecule is CCOCCOc1cc(C)ccc1CNC(=NC)NCCS(=O)(=O)c1ccccc1.I. The molecule has 0 aliphatic rings. The molecule has 0 atom stereocenters. The lowest BCUT2D eigenvalue weighted by atomic mass is 10.1. The molecule has 7 nitrogen and oxygen atoms in total. The molecule has 0 saturated carbocycles. The standard InChI is InChI=1S/C22H31N3O4S.HI/c1-4-28-13-14-29-21-16-18(2)10-11-19(21)17-25-22(23-3)24-12-15-30(26,27)20-8-6-5-7-9-20;/h5-11,16H,4,12-15,17H2,1-3H3,(H2,23,24,25);1H. The minimum absolute atomic E-state index is 0. The predicted molar refractivity (Wildman–Crippen MR) is 135 cm³/mol. The Kier molecular flexibility index (Phi) is 12.5. The fourth-order valence-corrected chi connectivity index (χ4v) is 3.92. The van der Waals surface area contributed by atoms with Crippen LogP contribution in [0.15, 0.2) is 58.4 Å². The summed E-state index contributed by atoms with van der Waals surface area (Å²) >= 11 is 0. The van der Waals surface area contributed by atoms with Crippen LogP contribution in [0.1, 0.15) is 18.1 Å². The number of aliphatic imine (C=N–C) groups is 1. The van der Waals surface area contributed by atoms with Crippen LogP contribution in [0.3, 0.4) is 0 Å². The lowest BCUT2D eigenvalue weighted by molar-refractivity contribution is 0.110. The second kappa shape index (κ2) is 14.3. The second-order valence-electron chi connectivity index (χ2n) is 6.64. The Morgan fingerprint density at radius 2 is 1.81 bits per heavy atom. The van der Waals surface area contributed by atoms with Gasteiger partial charge in [-0.15, -0.1) is 24.0 Å². The molecule has 2 N–H and O–H groups in total. The maximum absolute atomic E-state index is 12.4. The Morgan fingerprint density at radius 1 is 1.06 bits per heavy atom. The van der Waals surface area contributed by atoms with Crippen LogP contribution < -0.4 is 15.4 Å². The van der Waals surface area contributed by atoms with Gasteiger partial charge in [0.05, 0.1) is 17.3 Å². The maximum atomic E-state index is 12.4. The van der Waals surface area contributed by atoms with E-state index >= 15 is 0 Å². The quantitative estimate of drug-likeness (QED) is 0.190. The van der Waals surface area contributed by atoms with Gasteiger partial charge in [-0.3, -0.25) is 4.99 Å². The molecule has 0 fully saturated rings. The zero-order chi connectivity index (χ0) is 21.8. The molecular formula is C22H32IN3O4S. The highest BCUT2D eigenvalue weighted by Crippen LogP contribution is 2.20. The van der Waals surface area contributed by atoms with E-state index in [1.165, 1.54) is 0 Å². The van der Waals surface area contributed by atoms with Gasteiger partial charge in [0.2, 0.25) is 0 Å². The van der Waals surface area contributed by atoms with Gasteiger partial charge in [-0.2, -0.15) is 0 Å².